The van der Waals surface area contributed by atoms with Crippen LogP contribution >= 0.6 is 0 Å². The smallest absolute Gasteiger partial charge is 0.408 e. The van der Waals surface area contributed by atoms with Gasteiger partial charge in [0.25, 0.3) is 0 Å². The van der Waals surface area contributed by atoms with E-state index >= 15 is 0 Å². The fourth-order valence-electron chi connectivity index (χ4n) is 1.52. The molecule has 0 heterocycles. The number of carbonyl (C=O) groups excluding carboxylic acids is 1. The van der Waals surface area contributed by atoms with Crippen molar-refractivity contribution in [2.24, 2.45) is 0 Å². The number of carboxylic acids is 1. The molecule has 110 valence electrons. The first-order valence-electron chi connectivity index (χ1n) is 6.00. The second-order valence-corrected chi connectivity index (χ2v) is 4.52. The predicted molar refractivity (Wildman–Crippen MR) is 69.7 cm³/mol. The van der Waals surface area contributed by atoms with Crippen LogP contribution in [0, 0.1) is 0 Å². The Balaban J connectivity index is 2.74. The summed E-state index contributed by atoms with van der Waals surface area (Å²) in [5.74, 6) is -1.87. The molecule has 1 atom stereocenters. The van der Waals surface area contributed by atoms with Gasteiger partial charge in [-0.2, -0.15) is 0 Å². The van der Waals surface area contributed by atoms with Crippen molar-refractivity contribution in [2.75, 3.05) is 0 Å². The number of hydrogen-bond donors (Lipinski definition) is 4. The number of carbonyl (C=O) groups is 2. The van der Waals surface area contributed by atoms with Crippen LogP contribution in [-0.4, -0.2) is 39.5 Å². The van der Waals surface area contributed by atoms with Crippen LogP contribution in [-0.2, 0) is 16.0 Å². The van der Waals surface area contributed by atoms with Gasteiger partial charge in [-0.25, -0.2) is 9.59 Å². The molecule has 1 amide bonds. The molecule has 0 saturated heterocycles. The Kier molecular flexibility index (Phi) is 5.19. The average Bonchev–Trinajstić information content (AvgIpc) is 2.31. The van der Waals surface area contributed by atoms with Crippen LogP contribution in [0.25, 0.3) is 0 Å². The van der Waals surface area contributed by atoms with Crippen molar-refractivity contribution in [3.8, 4) is 11.5 Å². The number of nitrogens with one attached hydrogen (secondary N) is 1. The number of phenols is 2. The lowest BCUT2D eigenvalue weighted by Crippen LogP contribution is -2.43. The van der Waals surface area contributed by atoms with E-state index in [0.29, 0.717) is 5.56 Å². The number of amides is 1. The molecular formula is C13H17NO6. The number of ether oxygens (including phenoxy) is 1. The third kappa shape index (κ3) is 4.68. The van der Waals surface area contributed by atoms with E-state index in [9.17, 15) is 19.8 Å². The van der Waals surface area contributed by atoms with Crippen LogP contribution in [0.2, 0.25) is 0 Å². The molecule has 0 bridgehead atoms. The lowest BCUT2D eigenvalue weighted by molar-refractivity contribution is -0.139. The van der Waals surface area contributed by atoms with Gasteiger partial charge in [0, 0.05) is 6.42 Å². The molecule has 0 saturated carbocycles. The van der Waals surface area contributed by atoms with Gasteiger partial charge in [-0.05, 0) is 31.5 Å². The SMILES string of the molecule is CC(C)OC(=O)N[C@@H](Cc1ccc(O)c(O)c1)C(=O)O. The number of aliphatic carboxylic acids is 1. The van der Waals surface area contributed by atoms with Gasteiger partial charge < -0.3 is 25.4 Å². The molecule has 20 heavy (non-hydrogen) atoms. The molecule has 0 aliphatic heterocycles. The lowest BCUT2D eigenvalue weighted by Gasteiger charge is -2.16. The van der Waals surface area contributed by atoms with Crippen LogP contribution in [0.5, 0.6) is 11.5 Å². The minimum absolute atomic E-state index is 0.0453. The summed E-state index contributed by atoms with van der Waals surface area (Å²) in [6.45, 7) is 3.29. The summed E-state index contributed by atoms with van der Waals surface area (Å²) in [5, 5.41) is 29.8. The standard InChI is InChI=1S/C13H17NO6/c1-7(2)20-13(19)14-9(12(17)18)5-8-3-4-10(15)11(16)6-8/h3-4,6-7,9,15-16H,5H2,1-2H3,(H,14,19)(H,17,18)/t9-/m0/s1. The van der Waals surface area contributed by atoms with Gasteiger partial charge >= 0.3 is 12.1 Å². The summed E-state index contributed by atoms with van der Waals surface area (Å²) in [4.78, 5) is 22.5. The molecule has 0 aliphatic carbocycles. The van der Waals surface area contributed by atoms with Gasteiger partial charge in [0.15, 0.2) is 11.5 Å². The summed E-state index contributed by atoms with van der Waals surface area (Å²) in [7, 11) is 0. The molecule has 0 radical (unpaired) electrons. The van der Waals surface area contributed by atoms with E-state index in [-0.39, 0.29) is 24.0 Å². The molecule has 1 rings (SSSR count). The fourth-order valence-corrected chi connectivity index (χ4v) is 1.52. The topological polar surface area (TPSA) is 116 Å². The molecule has 1 aromatic rings. The number of alkyl carbamates (subject to hydrolysis) is 1. The summed E-state index contributed by atoms with van der Waals surface area (Å²) in [5.41, 5.74) is 0.456. The van der Waals surface area contributed by atoms with E-state index in [0.717, 1.165) is 0 Å². The average molecular weight is 283 g/mol. The van der Waals surface area contributed by atoms with Crippen molar-refractivity contribution < 1.29 is 29.6 Å². The number of hydrogen-bond acceptors (Lipinski definition) is 5. The zero-order valence-electron chi connectivity index (χ0n) is 11.2. The number of rotatable bonds is 5. The number of carboxylic acid groups (broad SMARTS) is 1. The van der Waals surface area contributed by atoms with Crippen LogP contribution in [0.1, 0.15) is 19.4 Å². The Bertz CT molecular complexity index is 500. The highest BCUT2D eigenvalue weighted by atomic mass is 16.6. The molecular weight excluding hydrogens is 266 g/mol. The van der Waals surface area contributed by atoms with Crippen molar-refractivity contribution >= 4 is 12.1 Å². The van der Waals surface area contributed by atoms with Gasteiger partial charge in [-0.3, -0.25) is 0 Å². The van der Waals surface area contributed by atoms with Gasteiger partial charge in [0.1, 0.15) is 6.04 Å². The predicted octanol–water partition coefficient (Wildman–Crippen LogP) is 1.23. The summed E-state index contributed by atoms with van der Waals surface area (Å²) in [6, 6.07) is 2.75. The Hall–Kier alpha value is -2.44. The van der Waals surface area contributed by atoms with Crippen molar-refractivity contribution in [1.82, 2.24) is 5.32 Å². The first kappa shape index (κ1) is 15.6. The zero-order chi connectivity index (χ0) is 15.3. The van der Waals surface area contributed by atoms with Crippen LogP contribution in [0.15, 0.2) is 18.2 Å². The molecule has 7 nitrogen and oxygen atoms in total. The Morgan fingerprint density at radius 3 is 2.40 bits per heavy atom. The second kappa shape index (κ2) is 6.65. The van der Waals surface area contributed by atoms with Crippen molar-refractivity contribution in [3.05, 3.63) is 23.8 Å². The van der Waals surface area contributed by atoms with Gasteiger partial charge in [-0.15, -0.1) is 0 Å². The van der Waals surface area contributed by atoms with Crippen LogP contribution < -0.4 is 5.32 Å². The fraction of sp³-hybridized carbons (Fsp3) is 0.385. The van der Waals surface area contributed by atoms with Crippen LogP contribution in [0.3, 0.4) is 0 Å². The number of aromatic hydroxyl groups is 2. The van der Waals surface area contributed by atoms with Gasteiger partial charge in [0.05, 0.1) is 6.10 Å². The van der Waals surface area contributed by atoms with Crippen molar-refractivity contribution in [2.45, 2.75) is 32.4 Å². The lowest BCUT2D eigenvalue weighted by atomic mass is 10.1. The highest BCUT2D eigenvalue weighted by Crippen LogP contribution is 2.25. The largest absolute Gasteiger partial charge is 0.504 e. The maximum atomic E-state index is 11.4. The zero-order valence-corrected chi connectivity index (χ0v) is 11.2. The second-order valence-electron chi connectivity index (χ2n) is 4.52. The van der Waals surface area contributed by atoms with E-state index < -0.39 is 18.1 Å². The van der Waals surface area contributed by atoms with E-state index in [1.165, 1.54) is 18.2 Å². The van der Waals surface area contributed by atoms with Gasteiger partial charge in [-0.1, -0.05) is 6.07 Å². The van der Waals surface area contributed by atoms with E-state index in [1.54, 1.807) is 13.8 Å². The molecule has 7 heteroatoms. The van der Waals surface area contributed by atoms with E-state index in [4.69, 9.17) is 9.84 Å². The molecule has 0 aromatic heterocycles. The monoisotopic (exact) mass is 283 g/mol. The van der Waals surface area contributed by atoms with E-state index in [2.05, 4.69) is 5.32 Å². The van der Waals surface area contributed by atoms with Gasteiger partial charge in [0.2, 0.25) is 0 Å². The first-order chi connectivity index (χ1) is 9.29. The molecule has 0 unspecified atom stereocenters. The summed E-state index contributed by atoms with van der Waals surface area (Å²) in [6.07, 6.45) is -1.23. The summed E-state index contributed by atoms with van der Waals surface area (Å²) < 4.78 is 4.81. The normalized spacial score (nSPS) is 11.9. The number of benzene rings is 1. The number of phenolic OH excluding ortho intramolecular Hbond substituents is 2. The van der Waals surface area contributed by atoms with Crippen LogP contribution in [0.4, 0.5) is 4.79 Å². The molecule has 0 fully saturated rings. The van der Waals surface area contributed by atoms with E-state index in [1.807, 2.05) is 0 Å². The highest BCUT2D eigenvalue weighted by Gasteiger charge is 2.22. The molecule has 1 aromatic carbocycles. The molecule has 4 N–H and O–H groups in total. The summed E-state index contributed by atoms with van der Waals surface area (Å²) >= 11 is 0. The third-order valence-corrected chi connectivity index (χ3v) is 2.41. The maximum absolute atomic E-state index is 11.4. The highest BCUT2D eigenvalue weighted by molar-refractivity contribution is 5.80. The Labute approximate surface area is 115 Å². The Morgan fingerprint density at radius 2 is 1.90 bits per heavy atom. The van der Waals surface area contributed by atoms with Crippen molar-refractivity contribution in [1.29, 1.82) is 0 Å². The first-order valence-corrected chi connectivity index (χ1v) is 6.00. The molecule has 0 spiro atoms. The van der Waals surface area contributed by atoms with Crippen molar-refractivity contribution in [3.63, 3.8) is 0 Å². The maximum Gasteiger partial charge on any atom is 0.408 e. The minimum atomic E-state index is -1.22. The quantitative estimate of drug-likeness (QED) is 0.604. The minimum Gasteiger partial charge on any atom is -0.504 e. The Morgan fingerprint density at radius 1 is 1.25 bits per heavy atom. The molecule has 0 aliphatic rings. The third-order valence-electron chi connectivity index (χ3n) is 2.41.